The second-order valence-corrected chi connectivity index (χ2v) is 4.88. The van der Waals surface area contributed by atoms with Crippen LogP contribution in [0.2, 0.25) is 0 Å². The first-order chi connectivity index (χ1) is 9.90. The van der Waals surface area contributed by atoms with E-state index in [-0.39, 0.29) is 5.92 Å². The third-order valence-electron chi connectivity index (χ3n) is 3.44. The van der Waals surface area contributed by atoms with E-state index in [0.717, 1.165) is 0 Å². The molecule has 0 aliphatic heterocycles. The molecular weight excluding hydrogens is 275 g/mol. The van der Waals surface area contributed by atoms with E-state index < -0.39 is 23.9 Å². The van der Waals surface area contributed by atoms with Crippen molar-refractivity contribution in [3.8, 4) is 0 Å². The maximum atomic E-state index is 13.2. The molecule has 0 aliphatic rings. The fourth-order valence-electron chi connectivity index (χ4n) is 1.98. The van der Waals surface area contributed by atoms with Crippen molar-refractivity contribution < 1.29 is 19.1 Å². The number of nitrogens with one attached hydrogen (secondary N) is 1. The number of urea groups is 1. The number of carbonyl (C=O) groups is 2. The van der Waals surface area contributed by atoms with Gasteiger partial charge in [0.25, 0.3) is 0 Å². The predicted octanol–water partition coefficient (Wildman–Crippen LogP) is 2.86. The van der Waals surface area contributed by atoms with E-state index in [1.54, 1.807) is 19.9 Å². The van der Waals surface area contributed by atoms with E-state index in [4.69, 9.17) is 0 Å². The minimum atomic E-state index is -1.08. The Hall–Kier alpha value is -2.11. The summed E-state index contributed by atoms with van der Waals surface area (Å²) >= 11 is 0. The highest BCUT2D eigenvalue weighted by Gasteiger charge is 2.27. The van der Waals surface area contributed by atoms with Crippen LogP contribution in [0.25, 0.3) is 0 Å². The van der Waals surface area contributed by atoms with Gasteiger partial charge in [0, 0.05) is 12.2 Å². The number of benzene rings is 1. The van der Waals surface area contributed by atoms with Crippen molar-refractivity contribution >= 4 is 17.7 Å². The molecule has 0 aliphatic carbocycles. The number of carbonyl (C=O) groups excluding carboxylic acids is 1. The molecule has 6 heteroatoms. The largest absolute Gasteiger partial charge is 0.480 e. The number of hydrogen-bond acceptors (Lipinski definition) is 2. The molecule has 2 amide bonds. The Morgan fingerprint density at radius 1 is 1.38 bits per heavy atom. The standard InChI is InChI=1S/C15H21FN2O3/c1-4-10(3)13(14(19)20)17-15(21)18(5-2)12-8-6-7-11(16)9-12/h6-10,13H,4-5H2,1-3H3,(H,17,21)(H,19,20)/t10-,13-/m0/s1. The van der Waals surface area contributed by atoms with Gasteiger partial charge in [-0.3, -0.25) is 4.90 Å². The quantitative estimate of drug-likeness (QED) is 0.848. The molecule has 0 bridgehead atoms. The Morgan fingerprint density at radius 3 is 2.52 bits per heavy atom. The summed E-state index contributed by atoms with van der Waals surface area (Å²) in [5.74, 6) is -1.72. The van der Waals surface area contributed by atoms with Crippen molar-refractivity contribution in [1.29, 1.82) is 0 Å². The van der Waals surface area contributed by atoms with Crippen LogP contribution in [-0.2, 0) is 4.79 Å². The summed E-state index contributed by atoms with van der Waals surface area (Å²) in [6.45, 7) is 5.67. The molecule has 5 nitrogen and oxygen atoms in total. The zero-order chi connectivity index (χ0) is 16.0. The van der Waals surface area contributed by atoms with Gasteiger partial charge >= 0.3 is 12.0 Å². The molecule has 1 rings (SSSR count). The van der Waals surface area contributed by atoms with E-state index in [2.05, 4.69) is 5.32 Å². The first-order valence-corrected chi connectivity index (χ1v) is 6.97. The number of anilines is 1. The Balaban J connectivity index is 2.91. The van der Waals surface area contributed by atoms with E-state index in [1.807, 2.05) is 6.92 Å². The van der Waals surface area contributed by atoms with Gasteiger partial charge < -0.3 is 10.4 Å². The SMILES string of the molecule is CC[C@H](C)[C@H](NC(=O)N(CC)c1cccc(F)c1)C(=O)O. The molecule has 0 spiro atoms. The lowest BCUT2D eigenvalue weighted by Gasteiger charge is -2.26. The lowest BCUT2D eigenvalue weighted by Crippen LogP contribution is -2.50. The molecule has 0 radical (unpaired) electrons. The van der Waals surface area contributed by atoms with Gasteiger partial charge in [-0.05, 0) is 31.0 Å². The second-order valence-electron chi connectivity index (χ2n) is 4.88. The number of amides is 2. The molecule has 0 unspecified atom stereocenters. The fourth-order valence-corrected chi connectivity index (χ4v) is 1.98. The number of nitrogens with zero attached hydrogens (tertiary/aromatic N) is 1. The smallest absolute Gasteiger partial charge is 0.326 e. The van der Waals surface area contributed by atoms with Crippen LogP contribution in [0, 0.1) is 11.7 Å². The average molecular weight is 296 g/mol. The Morgan fingerprint density at radius 2 is 2.05 bits per heavy atom. The zero-order valence-corrected chi connectivity index (χ0v) is 12.5. The molecule has 2 N–H and O–H groups in total. The molecule has 0 saturated carbocycles. The fraction of sp³-hybridized carbons (Fsp3) is 0.467. The Labute approximate surface area is 123 Å². The molecule has 21 heavy (non-hydrogen) atoms. The van der Waals surface area contributed by atoms with Crippen LogP contribution in [0.3, 0.4) is 0 Å². The van der Waals surface area contributed by atoms with Gasteiger partial charge in [0.2, 0.25) is 0 Å². The lowest BCUT2D eigenvalue weighted by atomic mass is 9.99. The van der Waals surface area contributed by atoms with E-state index in [9.17, 15) is 19.1 Å². The summed E-state index contributed by atoms with van der Waals surface area (Å²) in [7, 11) is 0. The minimum Gasteiger partial charge on any atom is -0.480 e. The second kappa shape index (κ2) is 7.61. The monoisotopic (exact) mass is 296 g/mol. The van der Waals surface area contributed by atoms with E-state index in [0.29, 0.717) is 18.7 Å². The highest BCUT2D eigenvalue weighted by atomic mass is 19.1. The molecule has 0 aromatic heterocycles. The third-order valence-corrected chi connectivity index (χ3v) is 3.44. The summed E-state index contributed by atoms with van der Waals surface area (Å²) in [5.41, 5.74) is 0.392. The van der Waals surface area contributed by atoms with Crippen molar-refractivity contribution in [3.05, 3.63) is 30.1 Å². The van der Waals surface area contributed by atoms with Crippen molar-refractivity contribution in [2.45, 2.75) is 33.2 Å². The molecule has 2 atom stereocenters. The normalized spacial score (nSPS) is 13.3. The van der Waals surface area contributed by atoms with Gasteiger partial charge in [0.15, 0.2) is 0 Å². The molecule has 1 aromatic rings. The highest BCUT2D eigenvalue weighted by molar-refractivity contribution is 5.94. The predicted molar refractivity (Wildman–Crippen MR) is 78.8 cm³/mol. The molecular formula is C15H21FN2O3. The first kappa shape index (κ1) is 16.9. The summed E-state index contributed by atoms with van der Waals surface area (Å²) in [6.07, 6.45) is 0.628. The van der Waals surface area contributed by atoms with E-state index in [1.165, 1.54) is 23.1 Å². The van der Waals surface area contributed by atoms with E-state index >= 15 is 0 Å². The number of rotatable bonds is 6. The van der Waals surface area contributed by atoms with Crippen LogP contribution in [0.1, 0.15) is 27.2 Å². The van der Waals surface area contributed by atoms with Gasteiger partial charge in [-0.2, -0.15) is 0 Å². The van der Waals surface area contributed by atoms with Gasteiger partial charge in [-0.1, -0.05) is 26.3 Å². The van der Waals surface area contributed by atoms with Crippen molar-refractivity contribution in [2.75, 3.05) is 11.4 Å². The van der Waals surface area contributed by atoms with Crippen molar-refractivity contribution in [2.24, 2.45) is 5.92 Å². The number of halogens is 1. The van der Waals surface area contributed by atoms with Crippen molar-refractivity contribution in [3.63, 3.8) is 0 Å². The van der Waals surface area contributed by atoms with Crippen LogP contribution in [0.4, 0.5) is 14.9 Å². The molecule has 0 saturated heterocycles. The number of carboxylic acid groups (broad SMARTS) is 1. The maximum absolute atomic E-state index is 13.2. The zero-order valence-electron chi connectivity index (χ0n) is 12.5. The summed E-state index contributed by atoms with van der Waals surface area (Å²) < 4.78 is 13.2. The highest BCUT2D eigenvalue weighted by Crippen LogP contribution is 2.16. The Kier molecular flexibility index (Phi) is 6.14. The van der Waals surface area contributed by atoms with Gasteiger partial charge in [-0.25, -0.2) is 14.0 Å². The van der Waals surface area contributed by atoms with Gasteiger partial charge in [-0.15, -0.1) is 0 Å². The third kappa shape index (κ3) is 4.44. The molecule has 0 fully saturated rings. The molecule has 0 heterocycles. The van der Waals surface area contributed by atoms with Crippen LogP contribution in [0.15, 0.2) is 24.3 Å². The number of aliphatic carboxylic acids is 1. The summed E-state index contributed by atoms with van der Waals surface area (Å²) in [6, 6.07) is 4.12. The average Bonchev–Trinajstić information content (AvgIpc) is 2.44. The first-order valence-electron chi connectivity index (χ1n) is 6.97. The lowest BCUT2D eigenvalue weighted by molar-refractivity contribution is -0.140. The summed E-state index contributed by atoms with van der Waals surface area (Å²) in [5, 5.41) is 11.7. The van der Waals surface area contributed by atoms with Gasteiger partial charge in [0.05, 0.1) is 0 Å². The van der Waals surface area contributed by atoms with Gasteiger partial charge in [0.1, 0.15) is 11.9 Å². The number of carboxylic acids is 1. The summed E-state index contributed by atoms with van der Waals surface area (Å²) in [4.78, 5) is 24.8. The Bertz CT molecular complexity index is 507. The van der Waals surface area contributed by atoms with Crippen LogP contribution >= 0.6 is 0 Å². The van der Waals surface area contributed by atoms with Crippen LogP contribution in [-0.4, -0.2) is 29.7 Å². The minimum absolute atomic E-state index is 0.197. The molecule has 116 valence electrons. The number of hydrogen-bond donors (Lipinski definition) is 2. The van der Waals surface area contributed by atoms with Crippen LogP contribution in [0.5, 0.6) is 0 Å². The van der Waals surface area contributed by atoms with Crippen molar-refractivity contribution in [1.82, 2.24) is 5.32 Å². The maximum Gasteiger partial charge on any atom is 0.326 e. The topological polar surface area (TPSA) is 69.6 Å². The molecule has 1 aromatic carbocycles. The van der Waals surface area contributed by atoms with Crippen LogP contribution < -0.4 is 10.2 Å².